The Labute approximate surface area is 195 Å². The summed E-state index contributed by atoms with van der Waals surface area (Å²) in [5, 5.41) is 4.49. The van der Waals surface area contributed by atoms with E-state index in [1.165, 1.54) is 41.1 Å². The summed E-state index contributed by atoms with van der Waals surface area (Å²) in [4.78, 5) is 12.1. The van der Waals surface area contributed by atoms with Crippen LogP contribution in [0.4, 0.5) is 0 Å². The molecule has 5 rings (SSSR count). The van der Waals surface area contributed by atoms with Crippen LogP contribution < -0.4 is 0 Å². The second-order valence-corrected chi connectivity index (χ2v) is 12.1. The normalized spacial score (nSPS) is 12.3. The molecule has 0 unspecified atom stereocenters. The van der Waals surface area contributed by atoms with Crippen molar-refractivity contribution >= 4 is 64.8 Å². The van der Waals surface area contributed by atoms with Gasteiger partial charge in [-0.1, -0.05) is 57.3 Å². The lowest BCUT2D eigenvalue weighted by atomic mass is 9.85. The lowest BCUT2D eigenvalue weighted by Gasteiger charge is -2.23. The van der Waals surface area contributed by atoms with Crippen molar-refractivity contribution in [3.8, 4) is 11.3 Å². The molecule has 5 heteroatoms. The molecular weight excluding hydrogens is 437 g/mol. The van der Waals surface area contributed by atoms with Crippen molar-refractivity contribution in [2.24, 2.45) is 0 Å². The third-order valence-electron chi connectivity index (χ3n) is 5.83. The molecule has 0 N–H and O–H groups in total. The quantitative estimate of drug-likeness (QED) is 0.251. The largest absolute Gasteiger partial charge is 0.235 e. The van der Waals surface area contributed by atoms with Crippen LogP contribution in [0.25, 0.3) is 41.6 Å². The van der Waals surface area contributed by atoms with E-state index in [9.17, 15) is 0 Å². The summed E-state index contributed by atoms with van der Waals surface area (Å²) in [5.41, 5.74) is 5.95. The first kappa shape index (κ1) is 20.7. The minimum Gasteiger partial charge on any atom is -0.235 e. The molecule has 0 spiro atoms. The number of aromatic nitrogens is 2. The summed E-state index contributed by atoms with van der Waals surface area (Å²) in [6, 6.07) is 11.2. The van der Waals surface area contributed by atoms with Crippen molar-refractivity contribution in [3.63, 3.8) is 0 Å². The van der Waals surface area contributed by atoms with Gasteiger partial charge in [0.25, 0.3) is 0 Å². The summed E-state index contributed by atoms with van der Waals surface area (Å²) in [6.45, 7) is 15.1. The molecule has 0 atom stereocenters. The van der Waals surface area contributed by atoms with Crippen LogP contribution in [0.2, 0.25) is 0 Å². The van der Waals surface area contributed by atoms with Gasteiger partial charge in [-0.05, 0) is 53.3 Å². The Kier molecular flexibility index (Phi) is 4.96. The molecule has 0 aliphatic carbocycles. The fraction of sp³-hybridized carbons (Fsp3) is 0.231. The van der Waals surface area contributed by atoms with Crippen LogP contribution in [0, 0.1) is 13.8 Å². The van der Waals surface area contributed by atoms with Crippen molar-refractivity contribution in [2.45, 2.75) is 44.9 Å². The fourth-order valence-corrected chi connectivity index (χ4v) is 7.47. The van der Waals surface area contributed by atoms with E-state index in [-0.39, 0.29) is 5.41 Å². The van der Waals surface area contributed by atoms with E-state index >= 15 is 0 Å². The van der Waals surface area contributed by atoms with Gasteiger partial charge >= 0.3 is 0 Å². The first-order chi connectivity index (χ1) is 14.8. The lowest BCUT2D eigenvalue weighted by molar-refractivity contribution is 0.578. The zero-order chi connectivity index (χ0) is 21.9. The van der Waals surface area contributed by atoms with Crippen molar-refractivity contribution in [3.05, 3.63) is 64.7 Å². The van der Waals surface area contributed by atoms with Crippen LogP contribution in [-0.2, 0) is 5.41 Å². The average molecular weight is 461 g/mol. The van der Waals surface area contributed by atoms with E-state index in [2.05, 4.69) is 71.5 Å². The molecular formula is C26H24N2S3. The molecule has 2 aromatic carbocycles. The Morgan fingerprint density at radius 1 is 0.935 bits per heavy atom. The minimum atomic E-state index is 0.0336. The molecule has 0 radical (unpaired) electrons. The van der Waals surface area contributed by atoms with Crippen LogP contribution in [0.5, 0.6) is 0 Å². The third kappa shape index (κ3) is 3.30. The summed E-state index contributed by atoms with van der Waals surface area (Å²) in [7, 11) is 0. The SMILES string of the molecule is C=CSc1ccc(-c2ncnc3c2sc2c3ccc3c(C)c(C)sc32)cc1C(C)(C)C. The predicted octanol–water partition coefficient (Wildman–Crippen LogP) is 8.88. The van der Waals surface area contributed by atoms with Gasteiger partial charge in [-0.15, -0.1) is 22.7 Å². The van der Waals surface area contributed by atoms with Crippen molar-refractivity contribution in [2.75, 3.05) is 0 Å². The first-order valence-corrected chi connectivity index (χ1v) is 12.8. The van der Waals surface area contributed by atoms with E-state index in [4.69, 9.17) is 9.97 Å². The second kappa shape index (κ2) is 7.44. The molecule has 3 aromatic heterocycles. The van der Waals surface area contributed by atoms with Gasteiger partial charge in [0.1, 0.15) is 6.33 Å². The number of benzene rings is 2. The predicted molar refractivity (Wildman–Crippen MR) is 140 cm³/mol. The van der Waals surface area contributed by atoms with Gasteiger partial charge in [0.2, 0.25) is 0 Å². The fourth-order valence-electron chi connectivity index (χ4n) is 4.09. The van der Waals surface area contributed by atoms with Crippen LogP contribution in [-0.4, -0.2) is 9.97 Å². The summed E-state index contributed by atoms with van der Waals surface area (Å²) in [5.74, 6) is 0. The first-order valence-electron chi connectivity index (χ1n) is 10.3. The molecule has 31 heavy (non-hydrogen) atoms. The average Bonchev–Trinajstić information content (AvgIpc) is 3.25. The smallest absolute Gasteiger partial charge is 0.116 e. The van der Waals surface area contributed by atoms with E-state index in [1.807, 2.05) is 28.1 Å². The van der Waals surface area contributed by atoms with Gasteiger partial charge in [-0.2, -0.15) is 0 Å². The Hall–Kier alpha value is -2.21. The number of thiophene rings is 2. The van der Waals surface area contributed by atoms with Crippen molar-refractivity contribution < 1.29 is 0 Å². The molecule has 0 aliphatic heterocycles. The number of fused-ring (bicyclic) bond motifs is 5. The highest BCUT2D eigenvalue weighted by molar-refractivity contribution is 8.02. The molecule has 0 aliphatic rings. The molecule has 0 saturated heterocycles. The van der Waals surface area contributed by atoms with Gasteiger partial charge in [0.05, 0.1) is 25.3 Å². The molecule has 156 valence electrons. The van der Waals surface area contributed by atoms with Crippen LogP contribution in [0.3, 0.4) is 0 Å². The minimum absolute atomic E-state index is 0.0336. The van der Waals surface area contributed by atoms with E-state index < -0.39 is 0 Å². The Bertz CT molecular complexity index is 1480. The lowest BCUT2D eigenvalue weighted by Crippen LogP contribution is -2.12. The summed E-state index contributed by atoms with van der Waals surface area (Å²) < 4.78 is 3.86. The molecule has 0 bridgehead atoms. The molecule has 3 heterocycles. The van der Waals surface area contributed by atoms with Crippen LogP contribution in [0.15, 0.2) is 53.5 Å². The Balaban J connectivity index is 1.80. The van der Waals surface area contributed by atoms with Gasteiger partial charge in [-0.3, -0.25) is 0 Å². The van der Waals surface area contributed by atoms with Gasteiger partial charge < -0.3 is 0 Å². The van der Waals surface area contributed by atoms with E-state index in [0.29, 0.717) is 0 Å². The Morgan fingerprint density at radius 3 is 2.42 bits per heavy atom. The van der Waals surface area contributed by atoms with E-state index in [0.717, 1.165) is 21.5 Å². The van der Waals surface area contributed by atoms with Gasteiger partial charge in [-0.25, -0.2) is 9.97 Å². The highest BCUT2D eigenvalue weighted by atomic mass is 32.2. The zero-order valence-electron chi connectivity index (χ0n) is 18.4. The molecule has 0 amide bonds. The number of nitrogens with zero attached hydrogens (tertiary/aromatic N) is 2. The molecule has 2 nitrogen and oxygen atoms in total. The maximum absolute atomic E-state index is 4.75. The third-order valence-corrected chi connectivity index (χ3v) is 9.20. The van der Waals surface area contributed by atoms with Gasteiger partial charge in [0.15, 0.2) is 0 Å². The highest BCUT2D eigenvalue weighted by Gasteiger charge is 2.21. The zero-order valence-corrected chi connectivity index (χ0v) is 20.8. The Morgan fingerprint density at radius 2 is 1.68 bits per heavy atom. The number of hydrogen-bond acceptors (Lipinski definition) is 5. The van der Waals surface area contributed by atoms with Crippen molar-refractivity contribution in [1.29, 1.82) is 0 Å². The second-order valence-electron chi connectivity index (χ2n) is 8.85. The number of aryl methyl sites for hydroxylation is 2. The highest BCUT2D eigenvalue weighted by Crippen LogP contribution is 2.45. The van der Waals surface area contributed by atoms with E-state index in [1.54, 1.807) is 18.1 Å². The standard InChI is InChI=1S/C26H24N2S3/c1-7-29-20-11-8-16(12-19(20)26(4,5)6)21-25-22(28-13-27-21)18-10-9-17-14(2)15(3)30-23(17)24(18)31-25/h7-13H,1H2,2-6H3. The topological polar surface area (TPSA) is 25.8 Å². The van der Waals surface area contributed by atoms with Crippen molar-refractivity contribution in [1.82, 2.24) is 9.97 Å². The van der Waals surface area contributed by atoms with Crippen LogP contribution in [0.1, 0.15) is 36.8 Å². The van der Waals surface area contributed by atoms with Gasteiger partial charge in [0, 0.05) is 20.7 Å². The maximum Gasteiger partial charge on any atom is 0.116 e. The number of rotatable bonds is 3. The van der Waals surface area contributed by atoms with Crippen LogP contribution >= 0.6 is 34.4 Å². The number of thioether (sulfide) groups is 1. The molecule has 5 aromatic rings. The number of hydrogen-bond donors (Lipinski definition) is 0. The molecule has 0 saturated carbocycles. The molecule has 0 fully saturated rings. The maximum atomic E-state index is 4.75. The summed E-state index contributed by atoms with van der Waals surface area (Å²) in [6.07, 6.45) is 1.71. The monoisotopic (exact) mass is 460 g/mol. The summed E-state index contributed by atoms with van der Waals surface area (Å²) >= 11 is 5.40.